The van der Waals surface area contributed by atoms with Crippen LogP contribution >= 0.6 is 18.6 Å². The molecule has 3 aromatic rings. The van der Waals surface area contributed by atoms with Crippen LogP contribution in [-0.4, -0.2) is 15.3 Å². The van der Waals surface area contributed by atoms with Gasteiger partial charge in [0.25, 0.3) is 0 Å². The molecule has 3 aromatic carbocycles. The van der Waals surface area contributed by atoms with Gasteiger partial charge in [0.2, 0.25) is 0 Å². The summed E-state index contributed by atoms with van der Waals surface area (Å²) >= 11 is -0.556. The van der Waals surface area contributed by atoms with Gasteiger partial charge in [0.15, 0.2) is 8.24 Å². The Hall–Kier alpha value is -1.95. The first-order valence-electron chi connectivity index (χ1n) is 13.6. The summed E-state index contributed by atoms with van der Waals surface area (Å²) in [7, 11) is 9.48. The minimum absolute atomic E-state index is 0. The molecule has 4 atom stereocenters. The molecular weight excluding hydrogens is 587 g/mol. The van der Waals surface area contributed by atoms with Crippen molar-refractivity contribution in [2.45, 2.75) is 38.4 Å². The number of nitrogens with zero attached hydrogens (tertiary/aromatic N) is 2. The Labute approximate surface area is 258 Å². The van der Waals surface area contributed by atoms with Crippen LogP contribution in [0.3, 0.4) is 0 Å². The molecule has 1 fully saturated rings. The molecule has 0 bridgehead atoms. The normalized spacial score (nSPS) is 22.2. The molecule has 3 aliphatic rings. The Bertz CT molecular complexity index is 1320. The van der Waals surface area contributed by atoms with E-state index >= 15 is 0 Å². The summed E-state index contributed by atoms with van der Waals surface area (Å²) in [5, 5.41) is 5.03. The van der Waals surface area contributed by atoms with E-state index in [2.05, 4.69) is 116 Å². The fourth-order valence-corrected chi connectivity index (χ4v) is 12.0. The van der Waals surface area contributed by atoms with Crippen LogP contribution in [0.15, 0.2) is 91.0 Å². The number of rotatable bonds is 5. The van der Waals surface area contributed by atoms with Gasteiger partial charge >= 0.3 is 35.6 Å². The summed E-state index contributed by atoms with van der Waals surface area (Å²) < 4.78 is 8.16. The van der Waals surface area contributed by atoms with Crippen molar-refractivity contribution in [2.24, 2.45) is 17.8 Å². The molecule has 0 radical (unpaired) electrons. The summed E-state index contributed by atoms with van der Waals surface area (Å²) in [6.07, 6.45) is 9.69. The van der Waals surface area contributed by atoms with Crippen LogP contribution in [0.2, 0.25) is 18.6 Å². The number of benzene rings is 3. The van der Waals surface area contributed by atoms with Crippen molar-refractivity contribution in [2.75, 3.05) is 11.7 Å². The molecule has 6 rings (SSSR count). The number of hydrogen-bond acceptors (Lipinski definition) is 2. The summed E-state index contributed by atoms with van der Waals surface area (Å²) in [5.74, 6) is 2.73. The van der Waals surface area contributed by atoms with Crippen LogP contribution < -0.4 is 9.30 Å². The van der Waals surface area contributed by atoms with E-state index in [0.29, 0.717) is 23.3 Å². The van der Waals surface area contributed by atoms with E-state index in [1.54, 1.807) is 7.11 Å². The summed E-state index contributed by atoms with van der Waals surface area (Å²) in [6, 6.07) is 26.1. The summed E-state index contributed by atoms with van der Waals surface area (Å²) in [4.78, 5) is 0. The average Bonchev–Trinajstić information content (AvgIpc) is 3.36. The Morgan fingerprint density at radius 2 is 1.52 bits per heavy atom. The SMILES string of the molecule is CC[C@@H]1C[C@@H]2C(c3ccc(OC)cc3)=CC=C[C@@H]2C1[Si](C)(C)N1c2ccccc2[N-]c2ccccc21.[CH3-].[Cl][Ti][Cl]. The number of methoxy groups -OCH3 is 1. The molecule has 7 heteroatoms. The standard InChI is InChI=1S/C32H35N2OSi.CH3.2ClH.Ti/c1-5-22-21-27-25(23-17-19-24(35-2)20-18-23)11-10-12-26(27)32(22)36(3,4)34-30-15-8-6-13-28(30)33-29-14-7-9-16-31(29)34;;;;/h6-20,22,26-27,32H,5,21H2,1-4H3;1H3;2*1H;/q2*-1;;;+2/p-2/t22-,26+,27-,32?;;;;/m1..../s1. The average molecular weight is 626 g/mol. The molecule has 0 spiro atoms. The van der Waals surface area contributed by atoms with Crippen molar-refractivity contribution in [3.8, 4) is 5.75 Å². The third-order valence-electron chi connectivity index (χ3n) is 8.78. The van der Waals surface area contributed by atoms with Gasteiger partial charge in [0.1, 0.15) is 5.75 Å². The number of halogens is 2. The number of allylic oxidation sites excluding steroid dienone is 4. The Morgan fingerprint density at radius 3 is 2.08 bits per heavy atom. The quantitative estimate of drug-likeness (QED) is 0.208. The second kappa shape index (κ2) is 13.4. The van der Waals surface area contributed by atoms with E-state index < -0.39 is 25.3 Å². The van der Waals surface area contributed by atoms with Gasteiger partial charge in [-0.25, -0.2) is 0 Å². The van der Waals surface area contributed by atoms with Gasteiger partial charge in [-0.05, 0) is 65.1 Å². The van der Waals surface area contributed by atoms with E-state index in [1.165, 1.54) is 35.4 Å². The zero-order valence-corrected chi connectivity index (χ0v) is 28.0. The van der Waals surface area contributed by atoms with Crippen molar-refractivity contribution in [3.63, 3.8) is 0 Å². The zero-order chi connectivity index (χ0) is 27.6. The molecule has 0 aromatic heterocycles. The minimum atomic E-state index is -2.03. The maximum absolute atomic E-state index is 5.42. The molecule has 2 aliphatic carbocycles. The third-order valence-corrected chi connectivity index (χ3v) is 12.9. The first-order valence-corrected chi connectivity index (χ1v) is 21.0. The van der Waals surface area contributed by atoms with Crippen LogP contribution in [0.1, 0.15) is 25.3 Å². The molecule has 1 unspecified atom stereocenters. The van der Waals surface area contributed by atoms with E-state index in [1.807, 2.05) is 0 Å². The number of anilines is 2. The van der Waals surface area contributed by atoms with Gasteiger partial charge in [-0.15, -0.1) is 11.4 Å². The van der Waals surface area contributed by atoms with Crippen LogP contribution in [0, 0.1) is 25.2 Å². The van der Waals surface area contributed by atoms with E-state index in [-0.39, 0.29) is 7.43 Å². The summed E-state index contributed by atoms with van der Waals surface area (Å²) in [5.41, 5.74) is 8.20. The second-order valence-corrected chi connectivity index (χ2v) is 18.0. The third kappa shape index (κ3) is 5.71. The van der Waals surface area contributed by atoms with Crippen molar-refractivity contribution in [1.29, 1.82) is 0 Å². The molecule has 0 N–H and O–H groups in total. The molecule has 1 aliphatic heterocycles. The fraction of sp³-hybridized carbons (Fsp3) is 0.303. The number of ether oxygens (including phenoxy) is 1. The maximum atomic E-state index is 5.42. The van der Waals surface area contributed by atoms with Crippen molar-refractivity contribution in [1.82, 2.24) is 0 Å². The van der Waals surface area contributed by atoms with Crippen LogP contribution in [0.5, 0.6) is 5.75 Å². The summed E-state index contributed by atoms with van der Waals surface area (Å²) in [6.45, 7) is 7.59. The first kappa shape index (κ1) is 31.0. The zero-order valence-electron chi connectivity index (χ0n) is 23.9. The predicted octanol–water partition coefficient (Wildman–Crippen LogP) is 11.2. The Kier molecular flexibility index (Phi) is 10.3. The Morgan fingerprint density at radius 1 is 0.950 bits per heavy atom. The van der Waals surface area contributed by atoms with Gasteiger partial charge in [-0.1, -0.05) is 93.2 Å². The predicted molar refractivity (Wildman–Crippen MR) is 173 cm³/mol. The fourth-order valence-electron chi connectivity index (χ4n) is 7.28. The number of fused-ring (bicyclic) bond motifs is 3. The van der Waals surface area contributed by atoms with E-state index in [9.17, 15) is 0 Å². The number of hydrogen-bond donors (Lipinski definition) is 0. The topological polar surface area (TPSA) is 26.6 Å². The molecule has 1 saturated carbocycles. The Balaban J connectivity index is 0.000000886. The van der Waals surface area contributed by atoms with Gasteiger partial charge in [0.05, 0.1) is 7.11 Å². The molecular formula is C33H38Cl2N2OSiTi-2. The molecule has 210 valence electrons. The first-order chi connectivity index (χ1) is 18.9. The molecule has 40 heavy (non-hydrogen) atoms. The van der Waals surface area contributed by atoms with Gasteiger partial charge in [0, 0.05) is 11.4 Å². The van der Waals surface area contributed by atoms with Gasteiger partial charge < -0.3 is 22.0 Å². The molecule has 3 nitrogen and oxygen atoms in total. The van der Waals surface area contributed by atoms with E-state index in [0.717, 1.165) is 17.1 Å². The van der Waals surface area contributed by atoms with Crippen molar-refractivity contribution < 1.29 is 21.8 Å². The number of para-hydroxylation sites is 4. The second-order valence-electron chi connectivity index (χ2n) is 11.0. The van der Waals surface area contributed by atoms with Gasteiger partial charge in [-0.2, -0.15) is 0 Å². The molecule has 0 amide bonds. The monoisotopic (exact) mass is 624 g/mol. The van der Waals surface area contributed by atoms with Crippen molar-refractivity contribution >= 4 is 55.2 Å². The van der Waals surface area contributed by atoms with Crippen molar-refractivity contribution in [3.05, 3.63) is 109 Å². The molecule has 0 saturated heterocycles. The van der Waals surface area contributed by atoms with Gasteiger partial charge in [-0.3, -0.25) is 0 Å². The van der Waals surface area contributed by atoms with Crippen LogP contribution in [0.4, 0.5) is 22.7 Å². The van der Waals surface area contributed by atoms with Crippen LogP contribution in [-0.2, 0) is 17.0 Å². The van der Waals surface area contributed by atoms with Crippen LogP contribution in [0.25, 0.3) is 10.9 Å². The van der Waals surface area contributed by atoms with E-state index in [4.69, 9.17) is 28.7 Å². The molecule has 1 heterocycles.